The van der Waals surface area contributed by atoms with Gasteiger partial charge in [-0.3, -0.25) is 4.79 Å². The Bertz CT molecular complexity index is 886. The minimum Gasteiger partial charge on any atom is -0.344 e. The third-order valence-electron chi connectivity index (χ3n) is 4.86. The monoisotopic (exact) mass is 308 g/mol. The fraction of sp³-hybridized carbons (Fsp3) is 0.333. The number of benzene rings is 1. The number of H-pyrrole nitrogens is 1. The molecule has 4 rings (SSSR count). The van der Waals surface area contributed by atoms with Crippen molar-refractivity contribution in [1.82, 2.24) is 14.5 Å². The molecule has 5 heteroatoms. The molecule has 0 saturated heterocycles. The topological polar surface area (TPSA) is 62.7 Å². The Morgan fingerprint density at radius 2 is 2.13 bits per heavy atom. The Morgan fingerprint density at radius 3 is 2.78 bits per heavy atom. The van der Waals surface area contributed by atoms with E-state index in [9.17, 15) is 4.79 Å². The third kappa shape index (κ3) is 2.42. The van der Waals surface area contributed by atoms with Crippen LogP contribution in [0.3, 0.4) is 0 Å². The molecule has 118 valence electrons. The quantitative estimate of drug-likeness (QED) is 0.774. The highest BCUT2D eigenvalue weighted by atomic mass is 16.1. The number of aryl methyl sites for hydroxylation is 1. The van der Waals surface area contributed by atoms with E-state index < -0.39 is 0 Å². The Balaban J connectivity index is 1.59. The van der Waals surface area contributed by atoms with E-state index >= 15 is 0 Å². The third-order valence-corrected chi connectivity index (χ3v) is 4.86. The Labute approximate surface area is 134 Å². The number of amides is 1. The van der Waals surface area contributed by atoms with Crippen LogP contribution in [0.25, 0.3) is 11.0 Å². The predicted octanol–water partition coefficient (Wildman–Crippen LogP) is 3.73. The van der Waals surface area contributed by atoms with E-state index in [1.807, 2.05) is 48.9 Å². The van der Waals surface area contributed by atoms with Gasteiger partial charge < -0.3 is 14.9 Å². The van der Waals surface area contributed by atoms with E-state index in [1.54, 1.807) is 0 Å². The van der Waals surface area contributed by atoms with E-state index in [4.69, 9.17) is 0 Å². The molecule has 2 aromatic heterocycles. The van der Waals surface area contributed by atoms with E-state index in [1.165, 1.54) is 19.3 Å². The van der Waals surface area contributed by atoms with Gasteiger partial charge in [-0.15, -0.1) is 0 Å². The van der Waals surface area contributed by atoms with Crippen molar-refractivity contribution in [2.45, 2.75) is 32.1 Å². The Hall–Kier alpha value is -2.56. The number of carbonyl (C=O) groups is 1. The number of nitrogens with zero attached hydrogens (tertiary/aromatic N) is 2. The zero-order valence-corrected chi connectivity index (χ0v) is 13.4. The molecule has 1 fully saturated rings. The smallest absolute Gasteiger partial charge is 0.272 e. The lowest BCUT2D eigenvalue weighted by molar-refractivity contribution is 0.101. The van der Waals surface area contributed by atoms with Gasteiger partial charge in [0.05, 0.1) is 11.0 Å². The standard InChI is InChI=1S/C18H20N4O/c1-11-6-9-16(22(11)2)18(23)19-13-7-8-14-15(10-13)21-17(20-14)12-4-3-5-12/h6-10,12H,3-5H2,1-2H3,(H,19,23)(H,20,21). The van der Waals surface area contributed by atoms with Gasteiger partial charge in [0, 0.05) is 24.3 Å². The van der Waals surface area contributed by atoms with E-state index in [2.05, 4.69) is 15.3 Å². The molecule has 1 amide bonds. The lowest BCUT2D eigenvalue weighted by atomic mass is 9.85. The molecule has 1 aliphatic rings. The van der Waals surface area contributed by atoms with Gasteiger partial charge in [-0.05, 0) is 50.1 Å². The second-order valence-corrected chi connectivity index (χ2v) is 6.35. The van der Waals surface area contributed by atoms with Gasteiger partial charge in [-0.25, -0.2) is 4.98 Å². The second-order valence-electron chi connectivity index (χ2n) is 6.35. The highest BCUT2D eigenvalue weighted by Crippen LogP contribution is 2.35. The minimum absolute atomic E-state index is 0.0984. The summed E-state index contributed by atoms with van der Waals surface area (Å²) in [6.07, 6.45) is 3.73. The number of aromatic amines is 1. The second kappa shape index (κ2) is 5.26. The molecular weight excluding hydrogens is 288 g/mol. The number of hydrogen-bond acceptors (Lipinski definition) is 2. The molecule has 23 heavy (non-hydrogen) atoms. The van der Waals surface area contributed by atoms with Gasteiger partial charge >= 0.3 is 0 Å². The van der Waals surface area contributed by atoms with Crippen LogP contribution >= 0.6 is 0 Å². The molecule has 2 heterocycles. The fourth-order valence-corrected chi connectivity index (χ4v) is 3.02. The molecule has 0 atom stereocenters. The number of fused-ring (bicyclic) bond motifs is 1. The van der Waals surface area contributed by atoms with Crippen molar-refractivity contribution < 1.29 is 4.79 Å². The van der Waals surface area contributed by atoms with Crippen molar-refractivity contribution in [2.24, 2.45) is 7.05 Å². The molecule has 1 aromatic carbocycles. The number of carbonyl (C=O) groups excluding carboxylic acids is 1. The van der Waals surface area contributed by atoms with Crippen molar-refractivity contribution in [1.29, 1.82) is 0 Å². The summed E-state index contributed by atoms with van der Waals surface area (Å²) in [6.45, 7) is 1.98. The van der Waals surface area contributed by atoms with Gasteiger partial charge in [-0.1, -0.05) is 6.42 Å². The number of aromatic nitrogens is 3. The molecule has 0 aliphatic heterocycles. The molecule has 2 N–H and O–H groups in total. The maximum absolute atomic E-state index is 12.4. The van der Waals surface area contributed by atoms with Crippen LogP contribution in [-0.2, 0) is 7.05 Å². The summed E-state index contributed by atoms with van der Waals surface area (Å²) < 4.78 is 1.89. The van der Waals surface area contributed by atoms with Crippen molar-refractivity contribution in [2.75, 3.05) is 5.32 Å². The summed E-state index contributed by atoms with van der Waals surface area (Å²) >= 11 is 0. The van der Waals surface area contributed by atoms with Crippen LogP contribution in [-0.4, -0.2) is 20.4 Å². The molecule has 0 bridgehead atoms. The van der Waals surface area contributed by atoms with Gasteiger partial charge in [0.15, 0.2) is 0 Å². The fourth-order valence-electron chi connectivity index (χ4n) is 3.02. The van der Waals surface area contributed by atoms with Crippen LogP contribution in [0.5, 0.6) is 0 Å². The summed E-state index contributed by atoms with van der Waals surface area (Å²) in [5.41, 5.74) is 4.43. The summed E-state index contributed by atoms with van der Waals surface area (Å²) in [7, 11) is 1.90. The molecule has 1 saturated carbocycles. The summed E-state index contributed by atoms with van der Waals surface area (Å²) in [6, 6.07) is 9.60. The van der Waals surface area contributed by atoms with Gasteiger partial charge in [-0.2, -0.15) is 0 Å². The maximum atomic E-state index is 12.4. The summed E-state index contributed by atoms with van der Waals surface area (Å²) in [4.78, 5) is 20.5. The normalized spacial score (nSPS) is 14.9. The van der Waals surface area contributed by atoms with E-state index in [0.717, 1.165) is 28.2 Å². The molecule has 5 nitrogen and oxygen atoms in total. The first kappa shape index (κ1) is 14.1. The Morgan fingerprint density at radius 1 is 1.30 bits per heavy atom. The maximum Gasteiger partial charge on any atom is 0.272 e. The number of anilines is 1. The van der Waals surface area contributed by atoms with Crippen LogP contribution in [0.1, 0.15) is 47.2 Å². The van der Waals surface area contributed by atoms with Crippen molar-refractivity contribution in [3.8, 4) is 0 Å². The lowest BCUT2D eigenvalue weighted by Gasteiger charge is -2.22. The zero-order valence-electron chi connectivity index (χ0n) is 13.4. The lowest BCUT2D eigenvalue weighted by Crippen LogP contribution is -2.15. The highest BCUT2D eigenvalue weighted by Gasteiger charge is 2.22. The average Bonchev–Trinajstić information content (AvgIpc) is 3.01. The molecule has 1 aliphatic carbocycles. The molecule has 0 radical (unpaired) electrons. The highest BCUT2D eigenvalue weighted by molar-refractivity contribution is 6.04. The van der Waals surface area contributed by atoms with Gasteiger partial charge in [0.1, 0.15) is 11.5 Å². The summed E-state index contributed by atoms with van der Waals surface area (Å²) in [5.74, 6) is 1.55. The Kier molecular flexibility index (Phi) is 3.22. The van der Waals surface area contributed by atoms with Crippen molar-refractivity contribution in [3.63, 3.8) is 0 Å². The van der Waals surface area contributed by atoms with Crippen molar-refractivity contribution >= 4 is 22.6 Å². The molecule has 0 spiro atoms. The first-order valence-electron chi connectivity index (χ1n) is 8.05. The van der Waals surface area contributed by atoms with Crippen LogP contribution in [0.4, 0.5) is 5.69 Å². The van der Waals surface area contributed by atoms with Crippen LogP contribution < -0.4 is 5.32 Å². The molecule has 3 aromatic rings. The number of rotatable bonds is 3. The SMILES string of the molecule is Cc1ccc(C(=O)Nc2ccc3nc(C4CCC4)[nH]c3c2)n1C. The molecular formula is C18H20N4O. The first-order valence-corrected chi connectivity index (χ1v) is 8.05. The summed E-state index contributed by atoms with van der Waals surface area (Å²) in [5, 5.41) is 2.96. The molecule has 0 unspecified atom stereocenters. The average molecular weight is 308 g/mol. The van der Waals surface area contributed by atoms with Gasteiger partial charge in [0.2, 0.25) is 0 Å². The van der Waals surface area contributed by atoms with E-state index in [-0.39, 0.29) is 5.91 Å². The van der Waals surface area contributed by atoms with Crippen LogP contribution in [0, 0.1) is 6.92 Å². The van der Waals surface area contributed by atoms with Crippen LogP contribution in [0.2, 0.25) is 0 Å². The number of imidazole rings is 1. The minimum atomic E-state index is -0.0984. The van der Waals surface area contributed by atoms with E-state index in [0.29, 0.717) is 11.6 Å². The van der Waals surface area contributed by atoms with Gasteiger partial charge in [0.25, 0.3) is 5.91 Å². The van der Waals surface area contributed by atoms with Crippen molar-refractivity contribution in [3.05, 3.63) is 47.5 Å². The number of nitrogens with one attached hydrogen (secondary N) is 2. The number of hydrogen-bond donors (Lipinski definition) is 2. The first-order chi connectivity index (χ1) is 11.1. The van der Waals surface area contributed by atoms with Crippen LogP contribution in [0.15, 0.2) is 30.3 Å². The largest absolute Gasteiger partial charge is 0.344 e. The predicted molar refractivity (Wildman–Crippen MR) is 90.8 cm³/mol. The zero-order chi connectivity index (χ0) is 16.0.